The third kappa shape index (κ3) is 4.92. The molecule has 0 saturated carbocycles. The van der Waals surface area contributed by atoms with Gasteiger partial charge in [-0.15, -0.1) is 11.3 Å². The highest BCUT2D eigenvalue weighted by Crippen LogP contribution is 2.27. The normalized spacial score (nSPS) is 11.3. The number of benzene rings is 1. The molecule has 0 saturated heterocycles. The molecule has 1 aromatic carbocycles. The van der Waals surface area contributed by atoms with E-state index in [-0.39, 0.29) is 0 Å². The van der Waals surface area contributed by atoms with Gasteiger partial charge in [-0.25, -0.2) is 4.98 Å². The molecule has 1 heterocycles. The first kappa shape index (κ1) is 16.1. The van der Waals surface area contributed by atoms with Crippen LogP contribution in [-0.4, -0.2) is 43.6 Å². The van der Waals surface area contributed by atoms with Crippen LogP contribution in [0.15, 0.2) is 24.3 Å². The number of hydrogen-bond donors (Lipinski definition) is 1. The zero-order chi connectivity index (χ0) is 15.2. The molecule has 2 aromatic rings. The van der Waals surface area contributed by atoms with Crippen LogP contribution in [0.2, 0.25) is 0 Å². The largest absolute Gasteiger partial charge is 0.315 e. The van der Waals surface area contributed by atoms with Crippen molar-refractivity contribution in [3.63, 3.8) is 0 Å². The molecule has 114 valence electrons. The first-order valence-electron chi connectivity index (χ1n) is 7.45. The maximum atomic E-state index is 4.81. The quantitative estimate of drug-likeness (QED) is 0.797. The Hall–Kier alpha value is -1.23. The van der Waals surface area contributed by atoms with Crippen molar-refractivity contribution in [3.8, 4) is 11.3 Å². The highest BCUT2D eigenvalue weighted by molar-refractivity contribution is 7.12. The van der Waals surface area contributed by atoms with Crippen LogP contribution in [0.1, 0.15) is 15.4 Å². The molecule has 1 N–H and O–H groups in total. The predicted molar refractivity (Wildman–Crippen MR) is 92.2 cm³/mol. The van der Waals surface area contributed by atoms with Crippen LogP contribution in [0.3, 0.4) is 0 Å². The minimum atomic E-state index is 0.994. The van der Waals surface area contributed by atoms with Gasteiger partial charge in [-0.2, -0.15) is 0 Å². The first-order valence-corrected chi connectivity index (χ1v) is 8.26. The maximum Gasteiger partial charge on any atom is 0.0948 e. The fourth-order valence-electron chi connectivity index (χ4n) is 2.16. The Morgan fingerprint density at radius 1 is 1.10 bits per heavy atom. The molecule has 0 aliphatic carbocycles. The molecule has 0 fully saturated rings. The summed E-state index contributed by atoms with van der Waals surface area (Å²) in [6.07, 6.45) is 1.00. The van der Waals surface area contributed by atoms with Crippen molar-refractivity contribution in [1.82, 2.24) is 15.2 Å². The van der Waals surface area contributed by atoms with Crippen LogP contribution >= 0.6 is 11.3 Å². The monoisotopic (exact) mass is 303 g/mol. The number of hydrogen-bond acceptors (Lipinski definition) is 4. The maximum absolute atomic E-state index is 4.81. The number of thiazole rings is 1. The Balaban J connectivity index is 1.91. The second-order valence-electron chi connectivity index (χ2n) is 5.68. The summed E-state index contributed by atoms with van der Waals surface area (Å²) in [5, 5.41) is 4.69. The van der Waals surface area contributed by atoms with Gasteiger partial charge in [-0.3, -0.25) is 0 Å². The van der Waals surface area contributed by atoms with Crippen LogP contribution < -0.4 is 5.32 Å². The van der Waals surface area contributed by atoms with E-state index in [1.807, 2.05) is 11.3 Å². The standard InChI is InChI=1S/C17H25N3S/c1-13-5-7-15(8-6-13)17-14(2)21-16(19-17)9-10-18-11-12-20(3)4/h5-8,18H,9-12H2,1-4H3. The van der Waals surface area contributed by atoms with E-state index in [4.69, 9.17) is 4.98 Å². The summed E-state index contributed by atoms with van der Waals surface area (Å²) in [7, 11) is 4.19. The van der Waals surface area contributed by atoms with E-state index in [1.165, 1.54) is 21.0 Å². The smallest absolute Gasteiger partial charge is 0.0948 e. The number of nitrogens with one attached hydrogen (secondary N) is 1. The van der Waals surface area contributed by atoms with E-state index in [9.17, 15) is 0 Å². The van der Waals surface area contributed by atoms with E-state index >= 15 is 0 Å². The molecule has 0 aliphatic rings. The molecular formula is C17H25N3S. The van der Waals surface area contributed by atoms with Gasteiger partial charge in [0.25, 0.3) is 0 Å². The van der Waals surface area contributed by atoms with Gasteiger partial charge in [0.2, 0.25) is 0 Å². The van der Waals surface area contributed by atoms with Crippen molar-refractivity contribution < 1.29 is 0 Å². The van der Waals surface area contributed by atoms with Crippen LogP contribution in [0.5, 0.6) is 0 Å². The molecule has 2 rings (SSSR count). The summed E-state index contributed by atoms with van der Waals surface area (Å²) in [4.78, 5) is 8.31. The molecule has 0 bridgehead atoms. The Kier molecular flexibility index (Phi) is 5.91. The average Bonchev–Trinajstić information content (AvgIpc) is 2.80. The minimum Gasteiger partial charge on any atom is -0.315 e. The van der Waals surface area contributed by atoms with Crippen molar-refractivity contribution >= 4 is 11.3 Å². The van der Waals surface area contributed by atoms with E-state index in [0.717, 1.165) is 31.7 Å². The lowest BCUT2D eigenvalue weighted by Crippen LogP contribution is -2.27. The first-order chi connectivity index (χ1) is 10.1. The molecular weight excluding hydrogens is 278 g/mol. The molecule has 0 aliphatic heterocycles. The predicted octanol–water partition coefficient (Wildman–Crippen LogP) is 3.12. The lowest BCUT2D eigenvalue weighted by atomic mass is 10.1. The Bertz CT molecular complexity index is 558. The second-order valence-corrected chi connectivity index (χ2v) is 6.97. The SMILES string of the molecule is Cc1ccc(-c2nc(CCNCCN(C)C)sc2C)cc1. The van der Waals surface area contributed by atoms with Gasteiger partial charge < -0.3 is 10.2 Å². The molecule has 21 heavy (non-hydrogen) atoms. The zero-order valence-corrected chi connectivity index (χ0v) is 14.3. The number of aryl methyl sites for hydroxylation is 2. The summed E-state index contributed by atoms with van der Waals surface area (Å²) in [5.74, 6) is 0. The lowest BCUT2D eigenvalue weighted by Gasteiger charge is -2.09. The molecule has 4 heteroatoms. The van der Waals surface area contributed by atoms with Gasteiger partial charge in [0, 0.05) is 36.5 Å². The third-order valence-corrected chi connectivity index (χ3v) is 4.45. The van der Waals surface area contributed by atoms with Crippen molar-refractivity contribution in [1.29, 1.82) is 0 Å². The fourth-order valence-corrected chi connectivity index (χ4v) is 3.12. The van der Waals surface area contributed by atoms with E-state index < -0.39 is 0 Å². The molecule has 0 radical (unpaired) electrons. The Labute approximate surface area is 132 Å². The summed E-state index contributed by atoms with van der Waals surface area (Å²) in [6.45, 7) is 7.38. The van der Waals surface area contributed by atoms with Gasteiger partial charge in [0.15, 0.2) is 0 Å². The van der Waals surface area contributed by atoms with Crippen molar-refractivity contribution in [2.75, 3.05) is 33.7 Å². The average molecular weight is 303 g/mol. The van der Waals surface area contributed by atoms with Gasteiger partial charge in [-0.05, 0) is 27.9 Å². The molecule has 1 aromatic heterocycles. The highest BCUT2D eigenvalue weighted by atomic mass is 32.1. The van der Waals surface area contributed by atoms with E-state index in [2.05, 4.69) is 62.4 Å². The van der Waals surface area contributed by atoms with Crippen molar-refractivity contribution in [3.05, 3.63) is 39.7 Å². The van der Waals surface area contributed by atoms with Gasteiger partial charge >= 0.3 is 0 Å². The van der Waals surface area contributed by atoms with Gasteiger partial charge in [0.05, 0.1) is 10.7 Å². The van der Waals surface area contributed by atoms with Gasteiger partial charge in [-0.1, -0.05) is 29.8 Å². The number of rotatable bonds is 7. The summed E-state index contributed by atoms with van der Waals surface area (Å²) >= 11 is 1.82. The minimum absolute atomic E-state index is 0.994. The summed E-state index contributed by atoms with van der Waals surface area (Å²) in [5.41, 5.74) is 3.65. The van der Waals surface area contributed by atoms with Crippen LogP contribution in [0.25, 0.3) is 11.3 Å². The molecule has 0 atom stereocenters. The van der Waals surface area contributed by atoms with Crippen LogP contribution in [0, 0.1) is 13.8 Å². The highest BCUT2D eigenvalue weighted by Gasteiger charge is 2.09. The zero-order valence-electron chi connectivity index (χ0n) is 13.4. The lowest BCUT2D eigenvalue weighted by molar-refractivity contribution is 0.401. The molecule has 0 spiro atoms. The molecule has 0 amide bonds. The van der Waals surface area contributed by atoms with Crippen molar-refractivity contribution in [2.24, 2.45) is 0 Å². The Morgan fingerprint density at radius 3 is 2.48 bits per heavy atom. The van der Waals surface area contributed by atoms with Crippen LogP contribution in [0.4, 0.5) is 0 Å². The second kappa shape index (κ2) is 7.69. The topological polar surface area (TPSA) is 28.2 Å². The third-order valence-electron chi connectivity index (χ3n) is 3.42. The number of nitrogens with zero attached hydrogens (tertiary/aromatic N) is 2. The molecule has 3 nitrogen and oxygen atoms in total. The Morgan fingerprint density at radius 2 is 1.81 bits per heavy atom. The van der Waals surface area contributed by atoms with Crippen molar-refractivity contribution in [2.45, 2.75) is 20.3 Å². The fraction of sp³-hybridized carbons (Fsp3) is 0.471. The van der Waals surface area contributed by atoms with Gasteiger partial charge in [0.1, 0.15) is 0 Å². The number of likely N-dealkylation sites (N-methyl/N-ethyl adjacent to an activating group) is 1. The summed E-state index contributed by atoms with van der Waals surface area (Å²) in [6, 6.07) is 8.63. The summed E-state index contributed by atoms with van der Waals surface area (Å²) < 4.78 is 0. The number of aromatic nitrogens is 1. The van der Waals surface area contributed by atoms with E-state index in [0.29, 0.717) is 0 Å². The van der Waals surface area contributed by atoms with E-state index in [1.54, 1.807) is 0 Å². The van der Waals surface area contributed by atoms with Crippen LogP contribution in [-0.2, 0) is 6.42 Å². The molecule has 0 unspecified atom stereocenters.